The lowest BCUT2D eigenvalue weighted by Crippen LogP contribution is -2.41. The molecule has 0 aliphatic carbocycles. The molecular weight excluding hydrogens is 592 g/mol. The van der Waals surface area contributed by atoms with E-state index >= 15 is 0 Å². The van der Waals surface area contributed by atoms with Gasteiger partial charge in [-0.25, -0.2) is 0 Å². The maximum Gasteiger partial charge on any atom is 0.248 e. The highest BCUT2D eigenvalue weighted by molar-refractivity contribution is 6.05. The van der Waals surface area contributed by atoms with Gasteiger partial charge in [-0.1, -0.05) is 19.1 Å². The minimum absolute atomic E-state index is 0.178. The number of hydrogen-bond acceptors (Lipinski definition) is 9. The monoisotopic (exact) mass is 630 g/mol. The largest absolute Gasteiger partial charge is 0.492 e. The van der Waals surface area contributed by atoms with Gasteiger partial charge in [0.05, 0.1) is 65.2 Å². The minimum atomic E-state index is -0.270. The topological polar surface area (TPSA) is 130 Å². The van der Waals surface area contributed by atoms with Crippen molar-refractivity contribution >= 4 is 44.8 Å². The number of anilines is 3. The molecule has 240 valence electrons. The van der Waals surface area contributed by atoms with Crippen molar-refractivity contribution in [3.05, 3.63) is 90.0 Å². The number of fused-ring (bicyclic) bond motifs is 2. The number of nitriles is 1. The summed E-state index contributed by atoms with van der Waals surface area (Å²) in [4.78, 5) is 24.5. The van der Waals surface area contributed by atoms with Crippen molar-refractivity contribution in [3.63, 3.8) is 0 Å². The van der Waals surface area contributed by atoms with E-state index in [0.29, 0.717) is 72.0 Å². The number of benzene rings is 2. The van der Waals surface area contributed by atoms with Crippen LogP contribution in [0.5, 0.6) is 5.75 Å². The molecule has 11 heteroatoms. The van der Waals surface area contributed by atoms with Crippen LogP contribution in [0.25, 0.3) is 21.8 Å². The second-order valence-corrected chi connectivity index (χ2v) is 11.5. The van der Waals surface area contributed by atoms with Crippen LogP contribution in [0.1, 0.15) is 37.7 Å². The third kappa shape index (κ3) is 7.41. The number of nitrogens with one attached hydrogen (secondary N) is 2. The lowest BCUT2D eigenvalue weighted by Gasteiger charge is -2.30. The van der Waals surface area contributed by atoms with Gasteiger partial charge in [0.2, 0.25) is 5.91 Å². The first-order valence-corrected chi connectivity index (χ1v) is 15.9. The van der Waals surface area contributed by atoms with Crippen molar-refractivity contribution in [1.82, 2.24) is 24.6 Å². The summed E-state index contributed by atoms with van der Waals surface area (Å²) in [6, 6.07) is 17.7. The molecule has 3 aromatic heterocycles. The van der Waals surface area contributed by atoms with Crippen molar-refractivity contribution < 1.29 is 14.3 Å². The van der Waals surface area contributed by atoms with E-state index in [-0.39, 0.29) is 12.0 Å². The van der Waals surface area contributed by atoms with Crippen LogP contribution >= 0.6 is 0 Å². The Bertz CT molecular complexity index is 1960. The van der Waals surface area contributed by atoms with E-state index in [9.17, 15) is 10.1 Å². The molecule has 6 rings (SSSR count). The van der Waals surface area contributed by atoms with Gasteiger partial charge < -0.3 is 20.1 Å². The summed E-state index contributed by atoms with van der Waals surface area (Å²) in [5.41, 5.74) is 5.46. The summed E-state index contributed by atoms with van der Waals surface area (Å²) in [5, 5.41) is 23.1. The van der Waals surface area contributed by atoms with Crippen molar-refractivity contribution in [2.75, 3.05) is 43.5 Å². The van der Waals surface area contributed by atoms with Gasteiger partial charge in [0.15, 0.2) is 0 Å². The zero-order chi connectivity index (χ0) is 32.8. The summed E-state index contributed by atoms with van der Waals surface area (Å²) in [5.74, 6) is 0.239. The average Bonchev–Trinajstić information content (AvgIpc) is 3.47. The number of carbonyl (C=O) groups excluding carboxylic acids is 1. The summed E-state index contributed by atoms with van der Waals surface area (Å²) in [6.45, 7) is 9.90. The van der Waals surface area contributed by atoms with Crippen molar-refractivity contribution in [1.29, 1.82) is 5.26 Å². The number of aromatic nitrogens is 4. The Kier molecular flexibility index (Phi) is 9.71. The Morgan fingerprint density at radius 2 is 2.09 bits per heavy atom. The summed E-state index contributed by atoms with van der Waals surface area (Å²) < 4.78 is 13.4. The molecule has 1 fully saturated rings. The predicted molar refractivity (Wildman–Crippen MR) is 183 cm³/mol. The molecular formula is C36H38N8O3. The highest BCUT2D eigenvalue weighted by Crippen LogP contribution is 2.38. The number of hydrogen-bond donors (Lipinski definition) is 2. The van der Waals surface area contributed by atoms with E-state index in [1.54, 1.807) is 12.3 Å². The van der Waals surface area contributed by atoms with Crippen LogP contribution in [-0.4, -0.2) is 69.5 Å². The van der Waals surface area contributed by atoms with Crippen molar-refractivity contribution in [2.45, 2.75) is 39.8 Å². The first-order chi connectivity index (χ1) is 22.9. The first-order valence-electron chi connectivity index (χ1n) is 15.9. The van der Waals surface area contributed by atoms with Crippen molar-refractivity contribution in [2.24, 2.45) is 0 Å². The van der Waals surface area contributed by atoms with E-state index < -0.39 is 0 Å². The number of carbonyl (C=O) groups is 1. The fourth-order valence-electron chi connectivity index (χ4n) is 5.80. The fraction of sp³-hybridized carbons (Fsp3) is 0.306. The molecule has 0 radical (unpaired) electrons. The number of rotatable bonds is 11. The third-order valence-corrected chi connectivity index (χ3v) is 7.99. The number of nitrogens with zero attached hydrogens (tertiary/aromatic N) is 6. The fourth-order valence-corrected chi connectivity index (χ4v) is 5.80. The molecule has 1 amide bonds. The van der Waals surface area contributed by atoms with E-state index in [2.05, 4.69) is 26.6 Å². The second-order valence-electron chi connectivity index (χ2n) is 11.5. The van der Waals surface area contributed by atoms with E-state index in [4.69, 9.17) is 19.6 Å². The van der Waals surface area contributed by atoms with Crippen LogP contribution in [0.4, 0.5) is 17.1 Å². The Hall–Kier alpha value is -5.31. The molecule has 11 nitrogen and oxygen atoms in total. The summed E-state index contributed by atoms with van der Waals surface area (Å²) in [7, 11) is 0. The number of ether oxygens (including phenoxy) is 2. The average molecular weight is 631 g/mol. The maximum atomic E-state index is 13.1. The molecule has 2 aromatic carbocycles. The van der Waals surface area contributed by atoms with Crippen LogP contribution in [0, 0.1) is 11.3 Å². The number of morpholine rings is 1. The summed E-state index contributed by atoms with van der Waals surface area (Å²) >= 11 is 0. The molecule has 0 saturated carbocycles. The number of pyridine rings is 2. The van der Waals surface area contributed by atoms with Gasteiger partial charge in [-0.05, 0) is 56.7 Å². The van der Waals surface area contributed by atoms with E-state index in [1.165, 1.54) is 0 Å². The Balaban J connectivity index is 1.31. The summed E-state index contributed by atoms with van der Waals surface area (Å²) in [6.07, 6.45) is 7.91. The molecule has 1 aliphatic rings. The normalized spacial score (nSPS) is 15.2. The standard InChI is InChI=1S/C36H38N8O3/c1-4-30-29(20-37)36(39-26-11-12-31-25(17-26)22-44(42-31)23-27-9-6-7-13-38-27)28-18-33(34(46-5-2)19-32(28)40-30)41-35(45)10-8-14-43-15-16-47-24(3)21-43/h6-13,17-19,22,24H,4-5,14-16,21,23H2,1-3H3,(H,39,40)(H,41,45)/b10-8+/t24-/m1/s1. The molecule has 0 unspecified atom stereocenters. The molecule has 0 bridgehead atoms. The van der Waals surface area contributed by atoms with Gasteiger partial charge in [0.25, 0.3) is 0 Å². The molecule has 5 aromatic rings. The van der Waals surface area contributed by atoms with Gasteiger partial charge in [-0.2, -0.15) is 10.4 Å². The van der Waals surface area contributed by atoms with Gasteiger partial charge in [0.1, 0.15) is 11.8 Å². The zero-order valence-electron chi connectivity index (χ0n) is 26.9. The number of amides is 1. The number of aryl methyl sites for hydroxylation is 1. The van der Waals surface area contributed by atoms with Gasteiger partial charge in [-0.3, -0.25) is 24.3 Å². The van der Waals surface area contributed by atoms with Crippen LogP contribution in [0.15, 0.2) is 73.1 Å². The molecule has 1 saturated heterocycles. The molecule has 1 aliphatic heterocycles. The molecule has 1 atom stereocenters. The van der Waals surface area contributed by atoms with E-state index in [0.717, 1.165) is 35.4 Å². The molecule has 4 heterocycles. The van der Waals surface area contributed by atoms with Gasteiger partial charge in [-0.15, -0.1) is 0 Å². The highest BCUT2D eigenvalue weighted by atomic mass is 16.5. The van der Waals surface area contributed by atoms with Crippen LogP contribution in [0.3, 0.4) is 0 Å². The van der Waals surface area contributed by atoms with Crippen LogP contribution in [-0.2, 0) is 22.5 Å². The smallest absolute Gasteiger partial charge is 0.248 e. The van der Waals surface area contributed by atoms with E-state index in [1.807, 2.05) is 86.3 Å². The van der Waals surface area contributed by atoms with Crippen LogP contribution < -0.4 is 15.4 Å². The first kappa shape index (κ1) is 31.7. The molecule has 2 N–H and O–H groups in total. The SMILES string of the molecule is CCOc1cc2nc(CC)c(C#N)c(Nc3ccc4nn(Cc5ccccn5)cc4c3)c2cc1NC(=O)/C=C/CN1CCO[C@H](C)C1. The lowest BCUT2D eigenvalue weighted by atomic mass is 10.0. The maximum absolute atomic E-state index is 13.1. The quantitative estimate of drug-likeness (QED) is 0.173. The van der Waals surface area contributed by atoms with Gasteiger partial charge >= 0.3 is 0 Å². The van der Waals surface area contributed by atoms with Gasteiger partial charge in [0, 0.05) is 60.6 Å². The Morgan fingerprint density at radius 1 is 1.19 bits per heavy atom. The lowest BCUT2D eigenvalue weighted by molar-refractivity contribution is -0.111. The van der Waals surface area contributed by atoms with Crippen molar-refractivity contribution in [3.8, 4) is 11.8 Å². The molecule has 0 spiro atoms. The Morgan fingerprint density at radius 3 is 2.85 bits per heavy atom. The Labute approximate surface area is 273 Å². The zero-order valence-corrected chi connectivity index (χ0v) is 26.9. The third-order valence-electron chi connectivity index (χ3n) is 7.99. The molecule has 47 heavy (non-hydrogen) atoms. The minimum Gasteiger partial charge on any atom is -0.492 e. The predicted octanol–water partition coefficient (Wildman–Crippen LogP) is 5.82. The van der Waals surface area contributed by atoms with Crippen LogP contribution in [0.2, 0.25) is 0 Å². The highest BCUT2D eigenvalue weighted by Gasteiger charge is 2.19. The second kappa shape index (κ2) is 14.4.